The summed E-state index contributed by atoms with van der Waals surface area (Å²) in [7, 11) is 1.47. The Labute approximate surface area is 171 Å². The number of hydrogen-bond acceptors (Lipinski definition) is 7. The highest BCUT2D eigenvalue weighted by molar-refractivity contribution is 6.00. The summed E-state index contributed by atoms with van der Waals surface area (Å²) in [6.45, 7) is -0.516. The van der Waals surface area contributed by atoms with Gasteiger partial charge in [-0.15, -0.1) is 5.10 Å². The van der Waals surface area contributed by atoms with E-state index in [1.807, 2.05) is 42.5 Å². The molecule has 8 heteroatoms. The molecule has 0 atom stereocenters. The molecule has 1 aromatic heterocycles. The first-order valence-corrected chi connectivity index (χ1v) is 9.07. The van der Waals surface area contributed by atoms with Gasteiger partial charge in [0.05, 0.1) is 7.11 Å². The molecule has 8 nitrogen and oxygen atoms in total. The van der Waals surface area contributed by atoms with E-state index in [1.54, 1.807) is 24.3 Å². The summed E-state index contributed by atoms with van der Waals surface area (Å²) in [5, 5.41) is 11.8. The van der Waals surface area contributed by atoms with Crippen molar-refractivity contribution in [3.63, 3.8) is 0 Å². The molecular weight excluding hydrogens is 386 g/mol. The molecule has 0 bridgehead atoms. The lowest BCUT2D eigenvalue weighted by atomic mass is 10.1. The smallest absolute Gasteiger partial charge is 0.342 e. The van der Waals surface area contributed by atoms with Crippen LogP contribution in [0.3, 0.4) is 0 Å². The zero-order chi connectivity index (χ0) is 20.9. The van der Waals surface area contributed by atoms with E-state index in [-0.39, 0.29) is 17.5 Å². The van der Waals surface area contributed by atoms with Crippen LogP contribution in [-0.2, 0) is 9.53 Å². The number of ether oxygens (including phenoxy) is 2. The molecule has 150 valence electrons. The second-order valence-corrected chi connectivity index (χ2v) is 6.30. The monoisotopic (exact) mass is 403 g/mol. The molecule has 0 fully saturated rings. The van der Waals surface area contributed by atoms with E-state index < -0.39 is 18.5 Å². The number of nitrogens with one attached hydrogen (secondary N) is 1. The molecule has 30 heavy (non-hydrogen) atoms. The zero-order valence-electron chi connectivity index (χ0n) is 16.0. The van der Waals surface area contributed by atoms with Gasteiger partial charge < -0.3 is 13.9 Å². The molecule has 0 unspecified atom stereocenters. The molecule has 0 aliphatic rings. The average Bonchev–Trinajstić information content (AvgIpc) is 3.25. The van der Waals surface area contributed by atoms with E-state index in [9.17, 15) is 9.59 Å². The van der Waals surface area contributed by atoms with Crippen molar-refractivity contribution >= 4 is 28.7 Å². The zero-order valence-corrected chi connectivity index (χ0v) is 16.0. The van der Waals surface area contributed by atoms with E-state index in [0.717, 1.165) is 16.3 Å². The normalized spacial score (nSPS) is 10.6. The number of aromatic nitrogens is 2. The Morgan fingerprint density at radius 3 is 2.40 bits per heavy atom. The van der Waals surface area contributed by atoms with Crippen molar-refractivity contribution in [3.8, 4) is 17.2 Å². The van der Waals surface area contributed by atoms with Gasteiger partial charge in [0, 0.05) is 5.56 Å². The van der Waals surface area contributed by atoms with Crippen molar-refractivity contribution in [2.24, 2.45) is 0 Å². The second-order valence-electron chi connectivity index (χ2n) is 6.30. The van der Waals surface area contributed by atoms with Crippen molar-refractivity contribution in [2.75, 3.05) is 19.0 Å². The van der Waals surface area contributed by atoms with Crippen molar-refractivity contribution in [2.45, 2.75) is 0 Å². The van der Waals surface area contributed by atoms with Gasteiger partial charge >= 0.3 is 12.0 Å². The number of rotatable bonds is 6. The number of carbonyl (C=O) groups excluding carboxylic acids is 2. The van der Waals surface area contributed by atoms with Crippen molar-refractivity contribution < 1.29 is 23.5 Å². The van der Waals surface area contributed by atoms with Crippen LogP contribution < -0.4 is 10.1 Å². The standard InChI is InChI=1S/C22H17N3O5/c1-28-18-12-16-10-6-5-9-15(16)11-17(18)21(27)29-13-19(26)23-22-25-24-20(30-22)14-7-3-2-4-8-14/h2-12H,13H2,1H3,(H,23,25,26). The summed E-state index contributed by atoms with van der Waals surface area (Å²) in [6.07, 6.45) is 0. The number of benzene rings is 3. The third-order valence-corrected chi connectivity index (χ3v) is 4.31. The lowest BCUT2D eigenvalue weighted by molar-refractivity contribution is -0.119. The predicted molar refractivity (Wildman–Crippen MR) is 109 cm³/mol. The number of hydrogen-bond donors (Lipinski definition) is 1. The van der Waals surface area contributed by atoms with Crippen LogP contribution in [0.5, 0.6) is 5.75 Å². The van der Waals surface area contributed by atoms with Crippen LogP contribution in [0.2, 0.25) is 0 Å². The Bertz CT molecular complexity index is 1200. The first-order chi connectivity index (χ1) is 14.6. The molecule has 1 heterocycles. The first kappa shape index (κ1) is 19.1. The number of nitrogens with zero attached hydrogens (tertiary/aromatic N) is 2. The van der Waals surface area contributed by atoms with E-state index >= 15 is 0 Å². The third kappa shape index (κ3) is 4.12. The van der Waals surface area contributed by atoms with Crippen LogP contribution in [0.15, 0.2) is 71.1 Å². The summed E-state index contributed by atoms with van der Waals surface area (Å²) in [5.41, 5.74) is 0.952. The maximum Gasteiger partial charge on any atom is 0.342 e. The van der Waals surface area contributed by atoms with Crippen molar-refractivity contribution in [1.29, 1.82) is 0 Å². The lowest BCUT2D eigenvalue weighted by Crippen LogP contribution is -2.21. The van der Waals surface area contributed by atoms with Gasteiger partial charge in [-0.25, -0.2) is 4.79 Å². The molecule has 4 aromatic rings. The number of amides is 1. The maximum absolute atomic E-state index is 12.5. The highest BCUT2D eigenvalue weighted by Gasteiger charge is 2.18. The number of carbonyl (C=O) groups is 2. The quantitative estimate of drug-likeness (QED) is 0.490. The van der Waals surface area contributed by atoms with Crippen LogP contribution in [0, 0.1) is 0 Å². The molecule has 0 aliphatic carbocycles. The Morgan fingerprint density at radius 2 is 1.67 bits per heavy atom. The lowest BCUT2D eigenvalue weighted by Gasteiger charge is -2.10. The molecule has 4 rings (SSSR count). The summed E-state index contributed by atoms with van der Waals surface area (Å²) < 4.78 is 15.8. The van der Waals surface area contributed by atoms with E-state index in [0.29, 0.717) is 5.75 Å². The third-order valence-electron chi connectivity index (χ3n) is 4.31. The summed E-state index contributed by atoms with van der Waals surface area (Å²) in [5.74, 6) is -0.651. The van der Waals surface area contributed by atoms with Gasteiger partial charge in [-0.1, -0.05) is 47.6 Å². The van der Waals surface area contributed by atoms with Crippen LogP contribution >= 0.6 is 0 Å². The van der Waals surface area contributed by atoms with Crippen LogP contribution in [0.4, 0.5) is 6.01 Å². The fourth-order valence-corrected chi connectivity index (χ4v) is 2.88. The molecule has 0 aliphatic heterocycles. The summed E-state index contributed by atoms with van der Waals surface area (Å²) in [6, 6.07) is 20.0. The highest BCUT2D eigenvalue weighted by Crippen LogP contribution is 2.26. The highest BCUT2D eigenvalue weighted by atomic mass is 16.5. The molecule has 1 N–H and O–H groups in total. The fraction of sp³-hybridized carbons (Fsp3) is 0.0909. The van der Waals surface area contributed by atoms with E-state index in [2.05, 4.69) is 15.5 Å². The predicted octanol–water partition coefficient (Wildman–Crippen LogP) is 3.69. The number of fused-ring (bicyclic) bond motifs is 1. The molecule has 1 amide bonds. The van der Waals surface area contributed by atoms with Crippen molar-refractivity contribution in [1.82, 2.24) is 10.2 Å². The molecule has 0 spiro atoms. The first-order valence-electron chi connectivity index (χ1n) is 9.07. The largest absolute Gasteiger partial charge is 0.496 e. The Kier molecular flexibility index (Phi) is 5.38. The number of anilines is 1. The minimum absolute atomic E-state index is 0.0850. The number of methoxy groups -OCH3 is 1. The topological polar surface area (TPSA) is 104 Å². The summed E-state index contributed by atoms with van der Waals surface area (Å²) in [4.78, 5) is 24.6. The molecule has 0 saturated carbocycles. The van der Waals surface area contributed by atoms with E-state index in [4.69, 9.17) is 13.9 Å². The van der Waals surface area contributed by atoms with Gasteiger partial charge in [0.15, 0.2) is 6.61 Å². The van der Waals surface area contributed by atoms with Gasteiger partial charge in [0.2, 0.25) is 5.89 Å². The fourth-order valence-electron chi connectivity index (χ4n) is 2.88. The Morgan fingerprint density at radius 1 is 0.967 bits per heavy atom. The van der Waals surface area contributed by atoms with Crippen LogP contribution in [0.1, 0.15) is 10.4 Å². The SMILES string of the molecule is COc1cc2ccccc2cc1C(=O)OCC(=O)Nc1nnc(-c2ccccc2)o1. The van der Waals surface area contributed by atoms with Gasteiger partial charge in [-0.2, -0.15) is 0 Å². The van der Waals surface area contributed by atoms with Crippen LogP contribution in [0.25, 0.3) is 22.2 Å². The minimum atomic E-state index is -0.678. The van der Waals surface area contributed by atoms with Gasteiger partial charge in [0.25, 0.3) is 5.91 Å². The summed E-state index contributed by atoms with van der Waals surface area (Å²) >= 11 is 0. The molecule has 0 radical (unpaired) electrons. The van der Waals surface area contributed by atoms with Gasteiger partial charge in [-0.3, -0.25) is 10.1 Å². The van der Waals surface area contributed by atoms with Gasteiger partial charge in [0.1, 0.15) is 11.3 Å². The minimum Gasteiger partial charge on any atom is -0.496 e. The van der Waals surface area contributed by atoms with Gasteiger partial charge in [-0.05, 0) is 35.0 Å². The average molecular weight is 403 g/mol. The second kappa shape index (κ2) is 8.44. The molecule has 0 saturated heterocycles. The molecule has 3 aromatic carbocycles. The van der Waals surface area contributed by atoms with Crippen LogP contribution in [-0.4, -0.2) is 35.8 Å². The van der Waals surface area contributed by atoms with Crippen molar-refractivity contribution in [3.05, 3.63) is 72.3 Å². The number of esters is 1. The maximum atomic E-state index is 12.5. The Hall–Kier alpha value is -4.20. The Balaban J connectivity index is 1.40. The molecular formula is C22H17N3O5. The van der Waals surface area contributed by atoms with E-state index in [1.165, 1.54) is 7.11 Å².